The van der Waals surface area contributed by atoms with Gasteiger partial charge in [0.2, 0.25) is 11.6 Å². The molecular formula is C18H34N2O3. The molecule has 0 aromatic carbocycles. The minimum atomic E-state index is -0.875. The second kappa shape index (κ2) is 11.5. The first-order chi connectivity index (χ1) is 10.8. The highest BCUT2D eigenvalue weighted by Crippen LogP contribution is 2.17. The second-order valence-corrected chi connectivity index (χ2v) is 6.44. The fraction of sp³-hybridized carbons (Fsp3) is 0.778. The zero-order valence-electron chi connectivity index (χ0n) is 15.5. The maximum atomic E-state index is 12.6. The van der Waals surface area contributed by atoms with Gasteiger partial charge in [-0.15, -0.1) is 0 Å². The van der Waals surface area contributed by atoms with E-state index >= 15 is 0 Å². The molecule has 0 amide bonds. The maximum absolute atomic E-state index is 12.6. The molecule has 134 valence electrons. The Balaban J connectivity index is 4.93. The summed E-state index contributed by atoms with van der Waals surface area (Å²) in [6, 6.07) is -1.33. The van der Waals surface area contributed by atoms with Crippen LogP contribution in [0, 0.1) is 5.92 Å². The van der Waals surface area contributed by atoms with Crippen molar-refractivity contribution in [2.75, 3.05) is 20.6 Å². The number of allylic oxidation sites excluding steroid dienone is 2. The third-order valence-electron chi connectivity index (χ3n) is 4.09. The molecule has 0 radical (unpaired) electrons. The topological polar surface area (TPSA) is 69.6 Å². The van der Waals surface area contributed by atoms with Crippen molar-refractivity contribution < 1.29 is 14.7 Å². The maximum Gasteiger partial charge on any atom is 0.219 e. The highest BCUT2D eigenvalue weighted by molar-refractivity contribution is 6.41. The number of hydrogen-bond donors (Lipinski definition) is 2. The average molecular weight is 326 g/mol. The first-order valence-electron chi connectivity index (χ1n) is 8.54. The Morgan fingerprint density at radius 3 is 2.30 bits per heavy atom. The Hall–Kier alpha value is -1.04. The Morgan fingerprint density at radius 2 is 1.83 bits per heavy atom. The molecule has 0 aromatic rings. The Labute approximate surface area is 141 Å². The molecule has 0 aliphatic carbocycles. The van der Waals surface area contributed by atoms with Crippen LogP contribution in [0.5, 0.6) is 0 Å². The number of hydrogen-bond acceptors (Lipinski definition) is 5. The van der Waals surface area contributed by atoms with Crippen molar-refractivity contribution in [3.8, 4) is 0 Å². The summed E-state index contributed by atoms with van der Waals surface area (Å²) in [7, 11) is 3.44. The molecule has 0 saturated heterocycles. The normalized spacial score (nSPS) is 17.2. The first-order valence-corrected chi connectivity index (χ1v) is 8.54. The molecule has 0 saturated carbocycles. The largest absolute Gasteiger partial charge is 0.391 e. The van der Waals surface area contributed by atoms with E-state index in [-0.39, 0.29) is 5.92 Å². The number of nitrogens with one attached hydrogen (secondary N) is 1. The van der Waals surface area contributed by atoms with Crippen LogP contribution < -0.4 is 5.32 Å². The number of aliphatic hydroxyl groups excluding tert-OH is 1. The Bertz CT molecular complexity index is 394. The Kier molecular flexibility index (Phi) is 11.0. The smallest absolute Gasteiger partial charge is 0.219 e. The lowest BCUT2D eigenvalue weighted by Crippen LogP contribution is -2.53. The van der Waals surface area contributed by atoms with Gasteiger partial charge in [-0.3, -0.25) is 14.5 Å². The molecule has 0 spiro atoms. The van der Waals surface area contributed by atoms with Crippen LogP contribution in [0.2, 0.25) is 0 Å². The number of unbranched alkanes of at least 4 members (excludes halogenated alkanes) is 1. The predicted octanol–water partition coefficient (Wildman–Crippen LogP) is 1.80. The molecule has 0 unspecified atom stereocenters. The highest BCUT2D eigenvalue weighted by atomic mass is 16.3. The third kappa shape index (κ3) is 7.38. The fourth-order valence-corrected chi connectivity index (χ4v) is 2.44. The van der Waals surface area contributed by atoms with Crippen molar-refractivity contribution in [2.45, 2.75) is 65.1 Å². The summed E-state index contributed by atoms with van der Waals surface area (Å²) in [5.74, 6) is -1.08. The van der Waals surface area contributed by atoms with Crippen molar-refractivity contribution in [3.63, 3.8) is 0 Å². The molecule has 0 bridgehead atoms. The van der Waals surface area contributed by atoms with Gasteiger partial charge in [-0.1, -0.05) is 32.4 Å². The van der Waals surface area contributed by atoms with Crippen molar-refractivity contribution >= 4 is 11.6 Å². The van der Waals surface area contributed by atoms with Crippen LogP contribution in [-0.4, -0.2) is 60.4 Å². The summed E-state index contributed by atoms with van der Waals surface area (Å²) in [5.41, 5.74) is 0. The molecule has 4 atom stereocenters. The molecule has 0 aromatic heterocycles. The van der Waals surface area contributed by atoms with E-state index in [1.807, 2.05) is 26.0 Å². The van der Waals surface area contributed by atoms with Crippen LogP contribution in [0.25, 0.3) is 0 Å². The van der Waals surface area contributed by atoms with Gasteiger partial charge < -0.3 is 10.4 Å². The second-order valence-electron chi connectivity index (χ2n) is 6.44. The quantitative estimate of drug-likeness (QED) is 0.325. The molecule has 0 aliphatic heterocycles. The van der Waals surface area contributed by atoms with Gasteiger partial charge in [0.15, 0.2) is 0 Å². The van der Waals surface area contributed by atoms with E-state index in [2.05, 4.69) is 12.2 Å². The van der Waals surface area contributed by atoms with E-state index < -0.39 is 29.8 Å². The van der Waals surface area contributed by atoms with Crippen molar-refractivity contribution in [3.05, 3.63) is 12.2 Å². The highest BCUT2D eigenvalue weighted by Gasteiger charge is 2.37. The van der Waals surface area contributed by atoms with Crippen LogP contribution in [-0.2, 0) is 9.59 Å². The standard InChI is InChI=1S/C18H34N2O3/c1-7-9-11-13(3)16(21)15(20(5)6)18(23)17(22)14(4)19-12-10-8-2/h7,9,13-16,19,21H,8,10-12H2,1-6H3/b9-7+/t13-,14-,15+,16-/m1/s1. The van der Waals surface area contributed by atoms with Crippen molar-refractivity contribution in [1.82, 2.24) is 10.2 Å². The fourth-order valence-electron chi connectivity index (χ4n) is 2.44. The molecule has 2 N–H and O–H groups in total. The van der Waals surface area contributed by atoms with Gasteiger partial charge in [-0.25, -0.2) is 0 Å². The van der Waals surface area contributed by atoms with Crippen molar-refractivity contribution in [2.24, 2.45) is 5.92 Å². The van der Waals surface area contributed by atoms with E-state index in [0.29, 0.717) is 13.0 Å². The SMILES string of the molecule is C/C=C/C[C@@H](C)[C@@H](O)[C@@H](C(=O)C(=O)[C@@H](C)NCCCC)N(C)C. The molecule has 0 aliphatic rings. The van der Waals surface area contributed by atoms with E-state index in [9.17, 15) is 14.7 Å². The zero-order chi connectivity index (χ0) is 18.0. The number of rotatable bonds is 12. The van der Waals surface area contributed by atoms with Crippen LogP contribution in [0.4, 0.5) is 0 Å². The number of Topliss-reactive ketones (excluding diaryl/α,β-unsaturated/α-hetero) is 2. The van der Waals surface area contributed by atoms with E-state index in [4.69, 9.17) is 0 Å². The van der Waals surface area contributed by atoms with Crippen LogP contribution >= 0.6 is 0 Å². The van der Waals surface area contributed by atoms with Crippen molar-refractivity contribution in [1.29, 1.82) is 0 Å². The lowest BCUT2D eigenvalue weighted by Gasteiger charge is -2.31. The number of nitrogens with zero attached hydrogens (tertiary/aromatic N) is 1. The summed E-state index contributed by atoms with van der Waals surface area (Å²) in [6.07, 6.45) is 5.67. The lowest BCUT2D eigenvalue weighted by atomic mass is 9.89. The summed E-state index contributed by atoms with van der Waals surface area (Å²) in [6.45, 7) is 8.30. The number of carbonyl (C=O) groups excluding carboxylic acids is 2. The predicted molar refractivity (Wildman–Crippen MR) is 94.5 cm³/mol. The van der Waals surface area contributed by atoms with Gasteiger partial charge >= 0.3 is 0 Å². The zero-order valence-corrected chi connectivity index (χ0v) is 15.5. The van der Waals surface area contributed by atoms with E-state index in [1.165, 1.54) is 0 Å². The number of carbonyl (C=O) groups is 2. The monoisotopic (exact) mass is 326 g/mol. The summed E-state index contributed by atoms with van der Waals surface area (Å²) in [5, 5.41) is 13.6. The molecule has 5 nitrogen and oxygen atoms in total. The van der Waals surface area contributed by atoms with Gasteiger partial charge in [0, 0.05) is 0 Å². The first kappa shape index (κ1) is 22.0. The van der Waals surface area contributed by atoms with Gasteiger partial charge in [0.25, 0.3) is 0 Å². The molecule has 0 fully saturated rings. The molecule has 5 heteroatoms. The van der Waals surface area contributed by atoms with Gasteiger partial charge in [-0.05, 0) is 53.2 Å². The van der Waals surface area contributed by atoms with Crippen LogP contribution in [0.1, 0.15) is 47.0 Å². The Morgan fingerprint density at radius 1 is 1.22 bits per heavy atom. The summed E-state index contributed by atoms with van der Waals surface area (Å²) < 4.78 is 0. The van der Waals surface area contributed by atoms with Gasteiger partial charge in [0.1, 0.15) is 6.04 Å². The molecule has 0 heterocycles. The van der Waals surface area contributed by atoms with E-state index in [1.54, 1.807) is 25.9 Å². The van der Waals surface area contributed by atoms with Crippen LogP contribution in [0.3, 0.4) is 0 Å². The van der Waals surface area contributed by atoms with Gasteiger partial charge in [-0.2, -0.15) is 0 Å². The third-order valence-corrected chi connectivity index (χ3v) is 4.09. The molecular weight excluding hydrogens is 292 g/mol. The molecule has 0 rings (SSSR count). The van der Waals surface area contributed by atoms with E-state index in [0.717, 1.165) is 12.8 Å². The minimum absolute atomic E-state index is 0.0984. The number of ketones is 2. The molecule has 23 heavy (non-hydrogen) atoms. The summed E-state index contributed by atoms with van der Waals surface area (Å²) >= 11 is 0. The number of aliphatic hydroxyl groups is 1. The lowest BCUT2D eigenvalue weighted by molar-refractivity contribution is -0.143. The number of likely N-dealkylation sites (N-methyl/N-ethyl adjacent to an activating group) is 1. The average Bonchev–Trinajstić information content (AvgIpc) is 2.51. The summed E-state index contributed by atoms with van der Waals surface area (Å²) in [4.78, 5) is 26.6. The van der Waals surface area contributed by atoms with Crippen LogP contribution in [0.15, 0.2) is 12.2 Å². The van der Waals surface area contributed by atoms with Gasteiger partial charge in [0.05, 0.1) is 12.1 Å². The minimum Gasteiger partial charge on any atom is -0.391 e.